The molecule has 2 rings (SSSR count). The molecule has 0 bridgehead atoms. The summed E-state index contributed by atoms with van der Waals surface area (Å²) in [5.74, 6) is -2.21. The van der Waals surface area contributed by atoms with Crippen molar-refractivity contribution < 1.29 is 19.2 Å². The zero-order valence-electron chi connectivity index (χ0n) is 10.7. The average molecular weight is 290 g/mol. The van der Waals surface area contributed by atoms with Gasteiger partial charge in [0, 0.05) is 23.9 Å². The molecule has 0 aliphatic heterocycles. The predicted octanol–water partition coefficient (Wildman–Crippen LogP) is 3.04. The SMILES string of the molecule is O=C(O)c1cc(NCc2ccccc2[N+](=O)[O-])ccc1F. The Hall–Kier alpha value is -2.96. The number of anilines is 1. The van der Waals surface area contributed by atoms with Gasteiger partial charge in [0.1, 0.15) is 5.82 Å². The third-order valence-corrected chi connectivity index (χ3v) is 2.87. The van der Waals surface area contributed by atoms with E-state index in [0.29, 0.717) is 11.3 Å². The maximum absolute atomic E-state index is 13.3. The number of hydrogen-bond donors (Lipinski definition) is 2. The molecule has 2 N–H and O–H groups in total. The van der Waals surface area contributed by atoms with Crippen LogP contribution in [0.5, 0.6) is 0 Å². The van der Waals surface area contributed by atoms with Crippen LogP contribution >= 0.6 is 0 Å². The first-order chi connectivity index (χ1) is 9.99. The molecule has 108 valence electrons. The van der Waals surface area contributed by atoms with Crippen molar-refractivity contribution in [1.82, 2.24) is 0 Å². The van der Waals surface area contributed by atoms with Crippen LogP contribution in [-0.4, -0.2) is 16.0 Å². The number of hydrogen-bond acceptors (Lipinski definition) is 4. The van der Waals surface area contributed by atoms with Crippen molar-refractivity contribution in [2.24, 2.45) is 0 Å². The molecular formula is C14H11FN2O4. The second-order valence-electron chi connectivity index (χ2n) is 4.24. The highest BCUT2D eigenvalue weighted by Gasteiger charge is 2.13. The minimum atomic E-state index is -1.37. The quantitative estimate of drug-likeness (QED) is 0.652. The van der Waals surface area contributed by atoms with E-state index in [1.54, 1.807) is 18.2 Å². The lowest BCUT2D eigenvalue weighted by atomic mass is 10.1. The molecule has 2 aromatic carbocycles. The molecule has 0 saturated heterocycles. The van der Waals surface area contributed by atoms with Gasteiger partial charge in [-0.15, -0.1) is 0 Å². The molecule has 0 saturated carbocycles. The van der Waals surface area contributed by atoms with Gasteiger partial charge in [0.05, 0.1) is 10.5 Å². The second kappa shape index (κ2) is 6.00. The number of carboxylic acids is 1. The lowest BCUT2D eigenvalue weighted by Gasteiger charge is -2.08. The largest absolute Gasteiger partial charge is 0.478 e. The van der Waals surface area contributed by atoms with E-state index >= 15 is 0 Å². The van der Waals surface area contributed by atoms with E-state index < -0.39 is 22.3 Å². The first-order valence-electron chi connectivity index (χ1n) is 5.98. The maximum atomic E-state index is 13.3. The Balaban J connectivity index is 2.19. The van der Waals surface area contributed by atoms with Crippen LogP contribution in [0.25, 0.3) is 0 Å². The molecule has 0 spiro atoms. The Bertz CT molecular complexity index is 703. The number of halogens is 1. The minimum Gasteiger partial charge on any atom is -0.478 e. The lowest BCUT2D eigenvalue weighted by Crippen LogP contribution is -2.05. The van der Waals surface area contributed by atoms with Gasteiger partial charge in [0.15, 0.2) is 0 Å². The number of carboxylic acid groups (broad SMARTS) is 1. The van der Waals surface area contributed by atoms with E-state index in [4.69, 9.17) is 5.11 Å². The smallest absolute Gasteiger partial charge is 0.338 e. The number of nitrogens with zero attached hydrogens (tertiary/aromatic N) is 1. The molecule has 21 heavy (non-hydrogen) atoms. The first-order valence-corrected chi connectivity index (χ1v) is 5.98. The molecule has 0 heterocycles. The summed E-state index contributed by atoms with van der Waals surface area (Å²) in [7, 11) is 0. The van der Waals surface area contributed by atoms with Gasteiger partial charge in [0.25, 0.3) is 5.69 Å². The standard InChI is InChI=1S/C14H11FN2O4/c15-12-6-5-10(7-11(12)14(18)19)16-8-9-3-1-2-4-13(9)17(20)21/h1-7,16H,8H2,(H,18,19). The summed E-state index contributed by atoms with van der Waals surface area (Å²) in [5.41, 5.74) is 0.323. The molecule has 2 aromatic rings. The summed E-state index contributed by atoms with van der Waals surface area (Å²) in [6.07, 6.45) is 0. The number of nitrogens with one attached hydrogen (secondary N) is 1. The highest BCUT2D eigenvalue weighted by molar-refractivity contribution is 5.89. The number of benzene rings is 2. The van der Waals surface area contributed by atoms with Crippen LogP contribution in [0.15, 0.2) is 42.5 Å². The lowest BCUT2D eigenvalue weighted by molar-refractivity contribution is -0.385. The number of nitro benzene ring substituents is 1. The Morgan fingerprint density at radius 3 is 2.67 bits per heavy atom. The summed E-state index contributed by atoms with van der Waals surface area (Å²) in [4.78, 5) is 21.2. The zero-order valence-corrected chi connectivity index (χ0v) is 10.7. The van der Waals surface area contributed by atoms with Gasteiger partial charge in [-0.3, -0.25) is 10.1 Å². The van der Waals surface area contributed by atoms with Gasteiger partial charge < -0.3 is 10.4 Å². The number of carbonyl (C=O) groups is 1. The Labute approximate surface area is 119 Å². The summed E-state index contributed by atoms with van der Waals surface area (Å²) in [5, 5.41) is 22.6. The first kappa shape index (κ1) is 14.4. The molecule has 0 fully saturated rings. The average Bonchev–Trinajstić information content (AvgIpc) is 2.46. The number of rotatable bonds is 5. The van der Waals surface area contributed by atoms with Gasteiger partial charge in [-0.1, -0.05) is 18.2 Å². The normalized spacial score (nSPS) is 10.1. The van der Waals surface area contributed by atoms with E-state index in [9.17, 15) is 19.3 Å². The third-order valence-electron chi connectivity index (χ3n) is 2.87. The second-order valence-corrected chi connectivity index (χ2v) is 4.24. The zero-order chi connectivity index (χ0) is 15.4. The van der Waals surface area contributed by atoms with Gasteiger partial charge in [-0.2, -0.15) is 0 Å². The van der Waals surface area contributed by atoms with E-state index in [1.165, 1.54) is 12.1 Å². The predicted molar refractivity (Wildman–Crippen MR) is 73.8 cm³/mol. The topological polar surface area (TPSA) is 92.5 Å². The highest BCUT2D eigenvalue weighted by Crippen LogP contribution is 2.20. The fourth-order valence-electron chi connectivity index (χ4n) is 1.83. The van der Waals surface area contributed by atoms with Crippen LogP contribution in [0, 0.1) is 15.9 Å². The van der Waals surface area contributed by atoms with Crippen molar-refractivity contribution in [2.75, 3.05) is 5.32 Å². The molecule has 0 atom stereocenters. The van der Waals surface area contributed by atoms with Crippen LogP contribution in [-0.2, 0) is 6.54 Å². The maximum Gasteiger partial charge on any atom is 0.338 e. The van der Waals surface area contributed by atoms with Crippen LogP contribution in [0.2, 0.25) is 0 Å². The van der Waals surface area contributed by atoms with Crippen molar-refractivity contribution in [2.45, 2.75) is 6.54 Å². The van der Waals surface area contributed by atoms with Crippen LogP contribution in [0.1, 0.15) is 15.9 Å². The highest BCUT2D eigenvalue weighted by atomic mass is 19.1. The Morgan fingerprint density at radius 1 is 1.29 bits per heavy atom. The molecule has 7 heteroatoms. The molecule has 6 nitrogen and oxygen atoms in total. The number of para-hydroxylation sites is 1. The molecular weight excluding hydrogens is 279 g/mol. The fraction of sp³-hybridized carbons (Fsp3) is 0.0714. The summed E-state index contributed by atoms with van der Waals surface area (Å²) >= 11 is 0. The summed E-state index contributed by atoms with van der Waals surface area (Å²) < 4.78 is 13.3. The van der Waals surface area contributed by atoms with Crippen LogP contribution in [0.3, 0.4) is 0 Å². The Morgan fingerprint density at radius 2 is 2.00 bits per heavy atom. The molecule has 0 radical (unpaired) electrons. The van der Waals surface area contributed by atoms with Crippen molar-refractivity contribution in [1.29, 1.82) is 0 Å². The monoisotopic (exact) mass is 290 g/mol. The molecule has 0 amide bonds. The molecule has 0 aliphatic carbocycles. The summed E-state index contributed by atoms with van der Waals surface area (Å²) in [6, 6.07) is 9.74. The van der Waals surface area contributed by atoms with Crippen LogP contribution < -0.4 is 5.32 Å². The van der Waals surface area contributed by atoms with E-state index in [1.807, 2.05) is 0 Å². The van der Waals surface area contributed by atoms with Crippen molar-refractivity contribution in [3.63, 3.8) is 0 Å². The fourth-order valence-corrected chi connectivity index (χ4v) is 1.83. The molecule has 0 aromatic heterocycles. The van der Waals surface area contributed by atoms with E-state index in [2.05, 4.69) is 5.32 Å². The number of aromatic carboxylic acids is 1. The molecule has 0 unspecified atom stereocenters. The van der Waals surface area contributed by atoms with Crippen molar-refractivity contribution >= 4 is 17.3 Å². The molecule has 0 aliphatic rings. The van der Waals surface area contributed by atoms with Gasteiger partial charge in [-0.25, -0.2) is 9.18 Å². The third kappa shape index (κ3) is 3.33. The van der Waals surface area contributed by atoms with E-state index in [-0.39, 0.29) is 12.2 Å². The minimum absolute atomic E-state index is 0.0365. The van der Waals surface area contributed by atoms with Crippen molar-refractivity contribution in [3.8, 4) is 0 Å². The van der Waals surface area contributed by atoms with Gasteiger partial charge in [0.2, 0.25) is 0 Å². The van der Waals surface area contributed by atoms with Crippen LogP contribution in [0.4, 0.5) is 15.8 Å². The Kier molecular flexibility index (Phi) is 4.13. The van der Waals surface area contributed by atoms with Gasteiger partial charge >= 0.3 is 5.97 Å². The van der Waals surface area contributed by atoms with Gasteiger partial charge in [-0.05, 0) is 18.2 Å². The summed E-state index contributed by atoms with van der Waals surface area (Å²) in [6.45, 7) is 0.127. The van der Waals surface area contributed by atoms with Crippen molar-refractivity contribution in [3.05, 3.63) is 69.5 Å². The van der Waals surface area contributed by atoms with E-state index in [0.717, 1.165) is 12.1 Å². The number of nitro groups is 1.